The number of aryl methyl sites for hydroxylation is 1. The third-order valence-corrected chi connectivity index (χ3v) is 3.13. The van der Waals surface area contributed by atoms with Gasteiger partial charge in [-0.15, -0.1) is 0 Å². The van der Waals surface area contributed by atoms with Crippen LogP contribution in [0.2, 0.25) is 0 Å². The molecule has 0 heterocycles. The molecule has 0 saturated carbocycles. The van der Waals surface area contributed by atoms with Gasteiger partial charge in [0, 0.05) is 11.8 Å². The minimum atomic E-state index is -3.52. The van der Waals surface area contributed by atoms with Crippen LogP contribution in [0.15, 0.2) is 17.0 Å². The number of carboxylic acid groups (broad SMARTS) is 1. The number of rotatable bonds is 2. The van der Waals surface area contributed by atoms with Gasteiger partial charge in [-0.25, -0.2) is 8.42 Å². The van der Waals surface area contributed by atoms with Gasteiger partial charge in [0.1, 0.15) is 0 Å². The van der Waals surface area contributed by atoms with Gasteiger partial charge in [0.2, 0.25) is 0 Å². The lowest BCUT2D eigenvalue weighted by Gasteiger charge is -2.11. The zero-order chi connectivity index (χ0) is 11.8. The van der Waals surface area contributed by atoms with Crippen molar-refractivity contribution in [3.63, 3.8) is 0 Å². The molecule has 0 aromatic heterocycles. The van der Waals surface area contributed by atoms with Crippen molar-refractivity contribution in [2.24, 2.45) is 0 Å². The number of carboxylic acids is 1. The normalized spacial score (nSPS) is 11.3. The third-order valence-electron chi connectivity index (χ3n) is 1.98. The van der Waals surface area contributed by atoms with E-state index < -0.39 is 15.8 Å². The predicted molar refractivity (Wildman–Crippen MR) is 53.0 cm³/mol. The van der Waals surface area contributed by atoms with E-state index in [-0.39, 0.29) is 16.1 Å². The van der Waals surface area contributed by atoms with E-state index in [1.165, 1.54) is 13.0 Å². The summed E-state index contributed by atoms with van der Waals surface area (Å²) in [6.45, 7) is 1.52. The van der Waals surface area contributed by atoms with E-state index in [0.717, 1.165) is 12.3 Å². The number of nitrogen functional groups attached to an aromatic ring is 1. The Morgan fingerprint density at radius 1 is 1.40 bits per heavy atom. The molecular weight excluding hydrogens is 218 g/mol. The fraction of sp³-hybridized carbons (Fsp3) is 0.222. The molecule has 0 atom stereocenters. The molecule has 82 valence electrons. The summed E-state index contributed by atoms with van der Waals surface area (Å²) < 4.78 is 22.5. The second-order valence-electron chi connectivity index (χ2n) is 3.26. The van der Waals surface area contributed by atoms with Crippen molar-refractivity contribution >= 4 is 21.5 Å². The Morgan fingerprint density at radius 3 is 2.33 bits per heavy atom. The average molecular weight is 228 g/mol. The van der Waals surface area contributed by atoms with Gasteiger partial charge in [0.25, 0.3) is 0 Å². The molecule has 6 heteroatoms. The van der Waals surface area contributed by atoms with Crippen molar-refractivity contribution in [3.05, 3.63) is 23.3 Å². The fourth-order valence-electron chi connectivity index (χ4n) is 1.25. The number of carbonyl (C=O) groups excluding carboxylic acids is 1. The van der Waals surface area contributed by atoms with Gasteiger partial charge in [-0.2, -0.15) is 0 Å². The molecule has 0 fully saturated rings. The average Bonchev–Trinajstić information content (AvgIpc) is 2.00. The van der Waals surface area contributed by atoms with Crippen molar-refractivity contribution in [2.45, 2.75) is 11.8 Å². The summed E-state index contributed by atoms with van der Waals surface area (Å²) in [7, 11) is -3.52. The third kappa shape index (κ3) is 2.27. The smallest absolute Gasteiger partial charge is 0.177 e. The first kappa shape index (κ1) is 11.5. The van der Waals surface area contributed by atoms with Crippen LogP contribution >= 0.6 is 0 Å². The van der Waals surface area contributed by atoms with Crippen LogP contribution in [0.5, 0.6) is 0 Å². The van der Waals surface area contributed by atoms with Crippen LogP contribution in [0.25, 0.3) is 0 Å². The van der Waals surface area contributed by atoms with Gasteiger partial charge in [-0.1, -0.05) is 0 Å². The summed E-state index contributed by atoms with van der Waals surface area (Å²) in [6.07, 6.45) is 0.965. The second-order valence-corrected chi connectivity index (χ2v) is 5.25. The SMILES string of the molecule is Cc1cc(N)c(S(C)(=O)=O)cc1C(=O)[O-]. The van der Waals surface area contributed by atoms with E-state index >= 15 is 0 Å². The Morgan fingerprint density at radius 2 is 1.93 bits per heavy atom. The summed E-state index contributed by atoms with van der Waals surface area (Å²) in [4.78, 5) is 10.5. The largest absolute Gasteiger partial charge is 0.545 e. The van der Waals surface area contributed by atoms with E-state index in [2.05, 4.69) is 0 Å². The van der Waals surface area contributed by atoms with Crippen LogP contribution < -0.4 is 10.8 Å². The Balaban J connectivity index is 3.58. The van der Waals surface area contributed by atoms with Gasteiger partial charge in [-0.05, 0) is 24.6 Å². The molecule has 1 aromatic carbocycles. The topological polar surface area (TPSA) is 100 Å². The highest BCUT2D eigenvalue weighted by atomic mass is 32.2. The van der Waals surface area contributed by atoms with Crippen molar-refractivity contribution in [1.82, 2.24) is 0 Å². The standard InChI is InChI=1S/C9H11NO4S/c1-5-3-7(10)8(15(2,13)14)4-6(5)9(11)12/h3-4H,10H2,1-2H3,(H,11,12)/p-1. The zero-order valence-electron chi connectivity index (χ0n) is 8.27. The number of carbonyl (C=O) groups is 1. The Labute approximate surface area is 87.4 Å². The Hall–Kier alpha value is -1.56. The van der Waals surface area contributed by atoms with Crippen molar-refractivity contribution in [2.75, 3.05) is 12.0 Å². The molecule has 0 bridgehead atoms. The van der Waals surface area contributed by atoms with Crippen LogP contribution in [0.3, 0.4) is 0 Å². The molecule has 0 unspecified atom stereocenters. The number of sulfone groups is 1. The lowest BCUT2D eigenvalue weighted by Crippen LogP contribution is -2.24. The summed E-state index contributed by atoms with van der Waals surface area (Å²) >= 11 is 0. The van der Waals surface area contributed by atoms with E-state index in [0.29, 0.717) is 5.56 Å². The number of benzene rings is 1. The Kier molecular flexibility index (Phi) is 2.72. The van der Waals surface area contributed by atoms with Gasteiger partial charge < -0.3 is 15.6 Å². The summed E-state index contributed by atoms with van der Waals surface area (Å²) in [6, 6.07) is 2.33. The van der Waals surface area contributed by atoms with E-state index in [9.17, 15) is 18.3 Å². The molecule has 0 aliphatic carbocycles. The first-order valence-corrected chi connectivity index (χ1v) is 5.94. The van der Waals surface area contributed by atoms with Crippen LogP contribution in [0.1, 0.15) is 15.9 Å². The number of nitrogens with two attached hydrogens (primary N) is 1. The number of anilines is 1. The van der Waals surface area contributed by atoms with Crippen molar-refractivity contribution < 1.29 is 18.3 Å². The highest BCUT2D eigenvalue weighted by Gasteiger charge is 2.14. The summed E-state index contributed by atoms with van der Waals surface area (Å²) in [5, 5.41) is 10.7. The second kappa shape index (κ2) is 3.54. The maximum atomic E-state index is 11.2. The molecule has 0 spiro atoms. The lowest BCUT2D eigenvalue weighted by molar-refractivity contribution is -0.255. The van der Waals surface area contributed by atoms with Crippen molar-refractivity contribution in [1.29, 1.82) is 0 Å². The molecule has 1 rings (SSSR count). The van der Waals surface area contributed by atoms with Crippen LogP contribution in [-0.2, 0) is 9.84 Å². The maximum absolute atomic E-state index is 11.2. The first-order chi connectivity index (χ1) is 6.73. The zero-order valence-corrected chi connectivity index (χ0v) is 9.09. The predicted octanol–water partition coefficient (Wildman–Crippen LogP) is -0.656. The maximum Gasteiger partial charge on any atom is 0.177 e. The molecule has 1 aromatic rings. The highest BCUT2D eigenvalue weighted by molar-refractivity contribution is 7.90. The van der Waals surface area contributed by atoms with Crippen LogP contribution in [0, 0.1) is 6.92 Å². The summed E-state index contributed by atoms with van der Waals surface area (Å²) in [5.74, 6) is -1.42. The molecule has 5 nitrogen and oxygen atoms in total. The summed E-state index contributed by atoms with van der Waals surface area (Å²) in [5.41, 5.74) is 5.74. The molecule has 0 radical (unpaired) electrons. The first-order valence-electron chi connectivity index (χ1n) is 4.05. The molecule has 0 amide bonds. The van der Waals surface area contributed by atoms with E-state index in [1.54, 1.807) is 0 Å². The number of aromatic carboxylic acids is 1. The molecule has 2 N–H and O–H groups in total. The molecular formula is C9H10NO4S-. The van der Waals surface area contributed by atoms with E-state index in [1.807, 2.05) is 0 Å². The fourth-order valence-corrected chi connectivity index (χ4v) is 2.07. The monoisotopic (exact) mass is 228 g/mol. The van der Waals surface area contributed by atoms with E-state index in [4.69, 9.17) is 5.73 Å². The lowest BCUT2D eigenvalue weighted by atomic mass is 10.1. The van der Waals surface area contributed by atoms with Gasteiger partial charge in [0.15, 0.2) is 9.84 Å². The minimum Gasteiger partial charge on any atom is -0.545 e. The van der Waals surface area contributed by atoms with Gasteiger partial charge in [-0.3, -0.25) is 0 Å². The molecule has 0 aliphatic rings. The minimum absolute atomic E-state index is 0.0417. The Bertz CT molecular complexity index is 519. The van der Waals surface area contributed by atoms with Crippen molar-refractivity contribution in [3.8, 4) is 0 Å². The molecule has 15 heavy (non-hydrogen) atoms. The molecule has 0 aliphatic heterocycles. The number of hydrogen-bond acceptors (Lipinski definition) is 5. The quantitative estimate of drug-likeness (QED) is 0.677. The van der Waals surface area contributed by atoms with Crippen LogP contribution in [-0.4, -0.2) is 20.6 Å². The van der Waals surface area contributed by atoms with Gasteiger partial charge >= 0.3 is 0 Å². The van der Waals surface area contributed by atoms with Crippen LogP contribution in [0.4, 0.5) is 5.69 Å². The highest BCUT2D eigenvalue weighted by Crippen LogP contribution is 2.22. The number of hydrogen-bond donors (Lipinski definition) is 1. The molecule has 0 saturated heterocycles. The van der Waals surface area contributed by atoms with Gasteiger partial charge in [0.05, 0.1) is 16.6 Å².